The van der Waals surface area contributed by atoms with Gasteiger partial charge in [0.15, 0.2) is 0 Å². The standard InChI is InChI=1S/C17H17ClFN/c1-11-6-14(8-15(19)7-11)12-2-3-13(17(18)9-12)10-20-16-4-5-16/h2-3,6-9,16,20H,4-5,10H2,1H3. The van der Waals surface area contributed by atoms with Crippen LogP contribution in [0.1, 0.15) is 24.0 Å². The van der Waals surface area contributed by atoms with Crippen LogP contribution in [0, 0.1) is 12.7 Å². The van der Waals surface area contributed by atoms with E-state index in [9.17, 15) is 4.39 Å². The highest BCUT2D eigenvalue weighted by Crippen LogP contribution is 2.28. The highest BCUT2D eigenvalue weighted by molar-refractivity contribution is 6.31. The van der Waals surface area contributed by atoms with E-state index >= 15 is 0 Å². The van der Waals surface area contributed by atoms with Crippen LogP contribution in [-0.2, 0) is 6.54 Å². The van der Waals surface area contributed by atoms with Crippen molar-refractivity contribution >= 4 is 11.6 Å². The van der Waals surface area contributed by atoms with E-state index in [1.54, 1.807) is 6.07 Å². The first-order valence-electron chi connectivity index (χ1n) is 6.91. The van der Waals surface area contributed by atoms with Crippen LogP contribution in [0.15, 0.2) is 36.4 Å². The van der Waals surface area contributed by atoms with Gasteiger partial charge in [-0.3, -0.25) is 0 Å². The Bertz CT molecular complexity index is 615. The molecule has 2 aromatic rings. The second-order valence-electron chi connectivity index (χ2n) is 5.48. The first-order valence-corrected chi connectivity index (χ1v) is 7.29. The second kappa shape index (κ2) is 5.55. The molecule has 0 radical (unpaired) electrons. The first kappa shape index (κ1) is 13.6. The minimum atomic E-state index is -0.212. The van der Waals surface area contributed by atoms with Gasteiger partial charge in [0, 0.05) is 17.6 Å². The molecule has 0 bridgehead atoms. The van der Waals surface area contributed by atoms with Crippen molar-refractivity contribution in [3.05, 3.63) is 58.4 Å². The Hall–Kier alpha value is -1.38. The molecule has 2 aromatic carbocycles. The molecule has 3 heteroatoms. The number of benzene rings is 2. The highest BCUT2D eigenvalue weighted by Gasteiger charge is 2.20. The minimum absolute atomic E-state index is 0.212. The zero-order valence-corrected chi connectivity index (χ0v) is 12.2. The quantitative estimate of drug-likeness (QED) is 0.860. The van der Waals surface area contributed by atoms with Gasteiger partial charge >= 0.3 is 0 Å². The number of hydrogen-bond donors (Lipinski definition) is 1. The first-order chi connectivity index (χ1) is 9.61. The Morgan fingerprint density at radius 2 is 1.95 bits per heavy atom. The molecular formula is C17H17ClFN. The van der Waals surface area contributed by atoms with E-state index in [0.717, 1.165) is 33.8 Å². The largest absolute Gasteiger partial charge is 0.310 e. The summed E-state index contributed by atoms with van der Waals surface area (Å²) in [5.74, 6) is -0.212. The zero-order valence-electron chi connectivity index (χ0n) is 11.4. The van der Waals surface area contributed by atoms with E-state index in [-0.39, 0.29) is 5.82 Å². The maximum Gasteiger partial charge on any atom is 0.124 e. The molecule has 1 aliphatic rings. The fourth-order valence-electron chi connectivity index (χ4n) is 2.31. The van der Waals surface area contributed by atoms with Gasteiger partial charge < -0.3 is 5.32 Å². The predicted octanol–water partition coefficient (Wildman–Crippen LogP) is 4.71. The van der Waals surface area contributed by atoms with E-state index in [1.165, 1.54) is 18.9 Å². The molecule has 104 valence electrons. The van der Waals surface area contributed by atoms with Crippen molar-refractivity contribution in [3.8, 4) is 11.1 Å². The van der Waals surface area contributed by atoms with Gasteiger partial charge in [0.05, 0.1) is 0 Å². The number of nitrogens with one attached hydrogen (secondary N) is 1. The molecule has 0 aliphatic heterocycles. The van der Waals surface area contributed by atoms with Crippen molar-refractivity contribution in [2.45, 2.75) is 32.4 Å². The molecule has 1 aliphatic carbocycles. The van der Waals surface area contributed by atoms with Crippen molar-refractivity contribution in [2.24, 2.45) is 0 Å². The Labute approximate surface area is 123 Å². The number of halogens is 2. The van der Waals surface area contributed by atoms with Crippen LogP contribution >= 0.6 is 11.6 Å². The number of rotatable bonds is 4. The van der Waals surface area contributed by atoms with Crippen molar-refractivity contribution in [1.82, 2.24) is 5.32 Å². The van der Waals surface area contributed by atoms with Crippen LogP contribution in [-0.4, -0.2) is 6.04 Å². The Kier molecular flexibility index (Phi) is 3.77. The summed E-state index contributed by atoms with van der Waals surface area (Å²) in [4.78, 5) is 0. The second-order valence-corrected chi connectivity index (χ2v) is 5.89. The van der Waals surface area contributed by atoms with Gasteiger partial charge in [-0.2, -0.15) is 0 Å². The average Bonchev–Trinajstić information content (AvgIpc) is 3.20. The summed E-state index contributed by atoms with van der Waals surface area (Å²) in [7, 11) is 0. The lowest BCUT2D eigenvalue weighted by molar-refractivity contribution is 0.627. The van der Waals surface area contributed by atoms with Gasteiger partial charge in [-0.15, -0.1) is 0 Å². The van der Waals surface area contributed by atoms with Crippen LogP contribution in [0.5, 0.6) is 0 Å². The molecule has 1 N–H and O–H groups in total. The van der Waals surface area contributed by atoms with Gasteiger partial charge in [-0.05, 0) is 60.2 Å². The highest BCUT2D eigenvalue weighted by atomic mass is 35.5. The van der Waals surface area contributed by atoms with E-state index < -0.39 is 0 Å². The molecule has 0 unspecified atom stereocenters. The number of aryl methyl sites for hydroxylation is 1. The molecule has 0 amide bonds. The summed E-state index contributed by atoms with van der Waals surface area (Å²) >= 11 is 6.33. The van der Waals surface area contributed by atoms with Gasteiger partial charge in [0.2, 0.25) is 0 Å². The smallest absolute Gasteiger partial charge is 0.124 e. The monoisotopic (exact) mass is 289 g/mol. The maximum atomic E-state index is 13.5. The van der Waals surface area contributed by atoms with Crippen LogP contribution < -0.4 is 5.32 Å². The Morgan fingerprint density at radius 1 is 1.15 bits per heavy atom. The fraction of sp³-hybridized carbons (Fsp3) is 0.294. The lowest BCUT2D eigenvalue weighted by Crippen LogP contribution is -2.15. The van der Waals surface area contributed by atoms with Gasteiger partial charge in [0.25, 0.3) is 0 Å². The third-order valence-electron chi connectivity index (χ3n) is 3.59. The third kappa shape index (κ3) is 3.20. The molecule has 0 atom stereocenters. The van der Waals surface area contributed by atoms with Crippen LogP contribution in [0.2, 0.25) is 5.02 Å². The topological polar surface area (TPSA) is 12.0 Å². The average molecular weight is 290 g/mol. The summed E-state index contributed by atoms with van der Waals surface area (Å²) < 4.78 is 13.5. The lowest BCUT2D eigenvalue weighted by Gasteiger charge is -2.09. The molecule has 0 aromatic heterocycles. The molecule has 3 rings (SSSR count). The molecular weight excluding hydrogens is 273 g/mol. The minimum Gasteiger partial charge on any atom is -0.310 e. The van der Waals surface area contributed by atoms with Gasteiger partial charge in [-0.1, -0.05) is 29.8 Å². The molecule has 20 heavy (non-hydrogen) atoms. The van der Waals surface area contributed by atoms with Crippen LogP contribution in [0.4, 0.5) is 4.39 Å². The van der Waals surface area contributed by atoms with Crippen molar-refractivity contribution in [2.75, 3.05) is 0 Å². The summed E-state index contributed by atoms with van der Waals surface area (Å²) in [6.07, 6.45) is 2.52. The van der Waals surface area contributed by atoms with E-state index in [1.807, 2.05) is 31.2 Å². The Balaban J connectivity index is 1.84. The third-order valence-corrected chi connectivity index (χ3v) is 3.94. The zero-order chi connectivity index (χ0) is 14.1. The van der Waals surface area contributed by atoms with Crippen molar-refractivity contribution in [1.29, 1.82) is 0 Å². The number of hydrogen-bond acceptors (Lipinski definition) is 1. The molecule has 0 heterocycles. The molecule has 0 spiro atoms. The molecule has 1 nitrogen and oxygen atoms in total. The summed E-state index contributed by atoms with van der Waals surface area (Å²) in [6.45, 7) is 2.69. The lowest BCUT2D eigenvalue weighted by atomic mass is 10.0. The Morgan fingerprint density at radius 3 is 2.60 bits per heavy atom. The summed E-state index contributed by atoms with van der Waals surface area (Å²) in [6, 6.07) is 11.6. The predicted molar refractivity (Wildman–Crippen MR) is 81.4 cm³/mol. The van der Waals surface area contributed by atoms with Crippen molar-refractivity contribution in [3.63, 3.8) is 0 Å². The van der Waals surface area contributed by atoms with Crippen LogP contribution in [0.3, 0.4) is 0 Å². The molecule has 0 saturated heterocycles. The van der Waals surface area contributed by atoms with Gasteiger partial charge in [0.1, 0.15) is 5.82 Å². The fourth-order valence-corrected chi connectivity index (χ4v) is 2.56. The maximum absolute atomic E-state index is 13.5. The molecule has 1 fully saturated rings. The SMILES string of the molecule is Cc1cc(F)cc(-c2ccc(CNC3CC3)c(Cl)c2)c1. The van der Waals surface area contributed by atoms with E-state index in [2.05, 4.69) is 5.32 Å². The van der Waals surface area contributed by atoms with Crippen LogP contribution in [0.25, 0.3) is 11.1 Å². The molecule has 1 saturated carbocycles. The normalized spacial score (nSPS) is 14.6. The van der Waals surface area contributed by atoms with Crippen molar-refractivity contribution < 1.29 is 4.39 Å². The van der Waals surface area contributed by atoms with E-state index in [4.69, 9.17) is 11.6 Å². The summed E-state index contributed by atoms with van der Waals surface area (Å²) in [5, 5.41) is 4.18. The summed E-state index contributed by atoms with van der Waals surface area (Å²) in [5.41, 5.74) is 3.82. The van der Waals surface area contributed by atoms with E-state index in [0.29, 0.717) is 6.04 Å². The van der Waals surface area contributed by atoms with Gasteiger partial charge in [-0.25, -0.2) is 4.39 Å².